The molecule has 1 unspecified atom stereocenters. The van der Waals surface area contributed by atoms with Crippen LogP contribution in [0.1, 0.15) is 22.3 Å². The second-order valence-corrected chi connectivity index (χ2v) is 18.4. The van der Waals surface area contributed by atoms with Crippen molar-refractivity contribution in [1.82, 2.24) is 4.57 Å². The average Bonchev–Trinajstić information content (AvgIpc) is 3.92. The molecule has 2 nitrogen and oxygen atoms in total. The van der Waals surface area contributed by atoms with Crippen molar-refractivity contribution in [2.24, 2.45) is 0 Å². The van der Waals surface area contributed by atoms with E-state index < -0.39 is 5.41 Å². The van der Waals surface area contributed by atoms with Gasteiger partial charge in [0.25, 0.3) is 0 Å². The number of hydrogen-bond donors (Lipinski definition) is 0. The summed E-state index contributed by atoms with van der Waals surface area (Å²) in [5, 5.41) is 2.56. The first kappa shape index (κ1) is 39.2. The molecule has 0 amide bonds. The molecule has 14 rings (SSSR count). The van der Waals surface area contributed by atoms with E-state index in [1.807, 2.05) is 0 Å². The first-order chi connectivity index (χ1) is 34.3. The van der Waals surface area contributed by atoms with Crippen LogP contribution in [0, 0.1) is 0 Å². The molecule has 1 aliphatic heterocycles. The molecule has 11 aromatic carbocycles. The minimum Gasteiger partial charge on any atom is -0.310 e. The van der Waals surface area contributed by atoms with Crippen LogP contribution in [0.3, 0.4) is 0 Å². The normalized spacial score (nSPS) is 14.1. The molecule has 69 heavy (non-hydrogen) atoms. The summed E-state index contributed by atoms with van der Waals surface area (Å²) in [5.41, 5.74) is 23.8. The Morgan fingerprint density at radius 2 is 0.841 bits per heavy atom. The smallest absolute Gasteiger partial charge is 0.0754 e. The van der Waals surface area contributed by atoms with Crippen molar-refractivity contribution in [1.29, 1.82) is 0 Å². The molecule has 0 N–H and O–H groups in total. The Hall–Kier alpha value is -8.98. The molecule has 1 aliphatic carbocycles. The van der Waals surface area contributed by atoms with Crippen molar-refractivity contribution in [2.45, 2.75) is 5.41 Å². The van der Waals surface area contributed by atoms with E-state index in [2.05, 4.69) is 276 Å². The summed E-state index contributed by atoms with van der Waals surface area (Å²) >= 11 is 0. The highest BCUT2D eigenvalue weighted by atomic mass is 15.1. The third-order valence-electron chi connectivity index (χ3n) is 14.8. The monoisotopic (exact) mass is 876 g/mol. The van der Waals surface area contributed by atoms with E-state index >= 15 is 0 Å². The first-order valence-electron chi connectivity index (χ1n) is 23.9. The maximum atomic E-state index is 2.52. The zero-order valence-corrected chi connectivity index (χ0v) is 37.8. The molecular weight excluding hydrogens is 833 g/mol. The third kappa shape index (κ3) is 5.86. The van der Waals surface area contributed by atoms with Crippen LogP contribution in [-0.4, -0.2) is 4.57 Å². The summed E-state index contributed by atoms with van der Waals surface area (Å²) in [5.74, 6) is 0. The Morgan fingerprint density at radius 1 is 0.290 bits per heavy atom. The lowest BCUT2D eigenvalue weighted by Crippen LogP contribution is -2.33. The molecule has 1 aromatic heterocycles. The Bertz CT molecular complexity index is 3960. The maximum Gasteiger partial charge on any atom is 0.0754 e. The van der Waals surface area contributed by atoms with E-state index in [0.29, 0.717) is 0 Å². The van der Waals surface area contributed by atoms with E-state index in [4.69, 9.17) is 0 Å². The Labute approximate surface area is 402 Å². The van der Waals surface area contributed by atoms with Gasteiger partial charge in [0.2, 0.25) is 0 Å². The standard InChI is InChI=1S/C67H44N2/c1-3-19-45(20-4-1)48-23-17-24-51(43-48)68(50-40-37-47(38-41-50)53-26-8-7-25-52(53)46-21-5-2-6-22-46)63-34-14-10-27-54(63)49-39-42-56-55-28-9-12-31-59(55)67(62(56)44-49)60-32-13-16-36-65(60)69-64-35-15-11-29-57(64)58-30-18-33-61(67)66(58)69/h1-44H. The van der Waals surface area contributed by atoms with Crippen LogP contribution >= 0.6 is 0 Å². The lowest BCUT2D eigenvalue weighted by atomic mass is 9.65. The highest BCUT2D eigenvalue weighted by Gasteiger charge is 2.51. The van der Waals surface area contributed by atoms with Gasteiger partial charge in [0.15, 0.2) is 0 Å². The summed E-state index contributed by atoms with van der Waals surface area (Å²) in [6.07, 6.45) is 0. The molecule has 1 atom stereocenters. The van der Waals surface area contributed by atoms with Crippen molar-refractivity contribution in [3.8, 4) is 61.3 Å². The van der Waals surface area contributed by atoms with Crippen molar-refractivity contribution >= 4 is 38.9 Å². The van der Waals surface area contributed by atoms with E-state index in [1.54, 1.807) is 0 Å². The van der Waals surface area contributed by atoms with Gasteiger partial charge in [-0.05, 0) is 121 Å². The number of aromatic nitrogens is 1. The van der Waals surface area contributed by atoms with Crippen LogP contribution in [0.4, 0.5) is 17.1 Å². The zero-order chi connectivity index (χ0) is 45.5. The fraction of sp³-hybridized carbons (Fsp3) is 0.0149. The minimum atomic E-state index is -0.549. The van der Waals surface area contributed by atoms with Gasteiger partial charge in [-0.15, -0.1) is 0 Å². The summed E-state index contributed by atoms with van der Waals surface area (Å²) in [4.78, 5) is 2.45. The number of nitrogens with zero attached hydrogens (tertiary/aromatic N) is 2. The van der Waals surface area contributed by atoms with Gasteiger partial charge in [-0.1, -0.05) is 218 Å². The lowest BCUT2D eigenvalue weighted by molar-refractivity contribution is 0.749. The summed E-state index contributed by atoms with van der Waals surface area (Å²) < 4.78 is 2.52. The fourth-order valence-electron chi connectivity index (χ4n) is 11.9. The molecule has 12 aromatic rings. The Morgan fingerprint density at radius 3 is 1.64 bits per heavy atom. The van der Waals surface area contributed by atoms with Gasteiger partial charge in [0.1, 0.15) is 0 Å². The lowest BCUT2D eigenvalue weighted by Gasteiger charge is -2.39. The summed E-state index contributed by atoms with van der Waals surface area (Å²) in [7, 11) is 0. The van der Waals surface area contributed by atoms with Gasteiger partial charge in [0, 0.05) is 27.7 Å². The van der Waals surface area contributed by atoms with Crippen LogP contribution in [0.15, 0.2) is 267 Å². The number of fused-ring (bicyclic) bond motifs is 12. The summed E-state index contributed by atoms with van der Waals surface area (Å²) in [6, 6.07) is 98.6. The molecule has 0 bridgehead atoms. The Balaban J connectivity index is 0.981. The van der Waals surface area contributed by atoms with Crippen LogP contribution in [-0.2, 0) is 5.41 Å². The third-order valence-corrected chi connectivity index (χ3v) is 14.8. The number of hydrogen-bond acceptors (Lipinski definition) is 1. The van der Waals surface area contributed by atoms with Crippen LogP contribution in [0.25, 0.3) is 83.1 Å². The van der Waals surface area contributed by atoms with E-state index in [9.17, 15) is 0 Å². The van der Waals surface area contributed by atoms with Crippen LogP contribution in [0.5, 0.6) is 0 Å². The topological polar surface area (TPSA) is 8.17 Å². The van der Waals surface area contributed by atoms with Gasteiger partial charge in [0.05, 0.1) is 27.8 Å². The summed E-state index contributed by atoms with van der Waals surface area (Å²) in [6.45, 7) is 0. The SMILES string of the molecule is c1ccc(-c2cccc(N(c3ccc(-c4ccccc4-c4ccccc4)cc3)c3ccccc3-c3ccc4c(c3)C3(c5ccccc5-4)c4ccccc4-n4c5ccccc5c5cccc3c54)c2)cc1. The number of benzene rings is 11. The van der Waals surface area contributed by atoms with Crippen LogP contribution in [0.2, 0.25) is 0 Å². The van der Waals surface area contributed by atoms with Gasteiger partial charge >= 0.3 is 0 Å². The molecule has 0 saturated heterocycles. The maximum absolute atomic E-state index is 2.52. The van der Waals surface area contributed by atoms with E-state index in [0.717, 1.165) is 22.6 Å². The minimum absolute atomic E-state index is 0.549. The van der Waals surface area contributed by atoms with Crippen LogP contribution < -0.4 is 4.90 Å². The second-order valence-electron chi connectivity index (χ2n) is 18.4. The fourth-order valence-corrected chi connectivity index (χ4v) is 11.9. The van der Waals surface area contributed by atoms with Gasteiger partial charge in [-0.3, -0.25) is 0 Å². The van der Waals surface area contributed by atoms with Gasteiger partial charge in [-0.2, -0.15) is 0 Å². The van der Waals surface area contributed by atoms with Crippen molar-refractivity contribution < 1.29 is 0 Å². The van der Waals surface area contributed by atoms with Crippen molar-refractivity contribution in [3.05, 3.63) is 289 Å². The van der Waals surface area contributed by atoms with E-state index in [-0.39, 0.29) is 0 Å². The second kappa shape index (κ2) is 15.6. The molecule has 0 fully saturated rings. The zero-order valence-electron chi connectivity index (χ0n) is 37.8. The molecule has 2 heterocycles. The molecule has 1 spiro atoms. The molecule has 0 radical (unpaired) electrons. The van der Waals surface area contributed by atoms with Gasteiger partial charge in [-0.25, -0.2) is 0 Å². The quantitative estimate of drug-likeness (QED) is 0.155. The molecule has 2 aliphatic rings. The number of anilines is 3. The number of para-hydroxylation sites is 4. The highest BCUT2D eigenvalue weighted by molar-refractivity contribution is 6.13. The number of rotatable bonds is 7. The largest absolute Gasteiger partial charge is 0.310 e. The average molecular weight is 877 g/mol. The molecular formula is C67H44N2. The van der Waals surface area contributed by atoms with Crippen molar-refractivity contribution in [2.75, 3.05) is 4.90 Å². The molecule has 0 saturated carbocycles. The first-order valence-corrected chi connectivity index (χ1v) is 23.9. The van der Waals surface area contributed by atoms with Crippen molar-refractivity contribution in [3.63, 3.8) is 0 Å². The predicted molar refractivity (Wildman–Crippen MR) is 288 cm³/mol. The highest BCUT2D eigenvalue weighted by Crippen LogP contribution is 2.61. The predicted octanol–water partition coefficient (Wildman–Crippen LogP) is 17.6. The molecule has 322 valence electrons. The Kier molecular flexibility index (Phi) is 8.84. The van der Waals surface area contributed by atoms with Gasteiger partial charge < -0.3 is 9.47 Å². The van der Waals surface area contributed by atoms with E-state index in [1.165, 1.54) is 99.8 Å². The molecule has 2 heteroatoms.